The van der Waals surface area contributed by atoms with E-state index in [1.54, 1.807) is 0 Å². The highest BCUT2D eigenvalue weighted by atomic mass is 16.2. The molecule has 4 bridgehead atoms. The van der Waals surface area contributed by atoms with Crippen molar-refractivity contribution in [2.45, 2.75) is 66.2 Å². The summed E-state index contributed by atoms with van der Waals surface area (Å²) in [6, 6.07) is 0. The number of amides is 1. The minimum Gasteiger partial charge on any atom is -0.354 e. The van der Waals surface area contributed by atoms with Gasteiger partial charge in [-0.25, -0.2) is 0 Å². The largest absolute Gasteiger partial charge is 0.354 e. The molecule has 4 rings (SSSR count). The van der Waals surface area contributed by atoms with E-state index in [1.165, 1.54) is 19.3 Å². The number of likely N-dealkylation sites (N-methyl/N-ethyl adjacent to an activating group) is 1. The van der Waals surface area contributed by atoms with Gasteiger partial charge in [-0.05, 0) is 68.4 Å². The molecule has 4 fully saturated rings. The molecule has 4 aliphatic carbocycles. The lowest BCUT2D eigenvalue weighted by atomic mass is 9.40. The van der Waals surface area contributed by atoms with Crippen molar-refractivity contribution in [1.82, 2.24) is 10.2 Å². The highest BCUT2D eigenvalue weighted by Crippen LogP contribution is 2.69. The Labute approximate surface area is 136 Å². The molecule has 4 saturated carbocycles. The van der Waals surface area contributed by atoms with Crippen molar-refractivity contribution in [3.8, 4) is 0 Å². The van der Waals surface area contributed by atoms with Gasteiger partial charge in [-0.2, -0.15) is 0 Å². The number of nitrogens with one attached hydrogen (secondary N) is 1. The van der Waals surface area contributed by atoms with E-state index in [4.69, 9.17) is 0 Å². The smallest absolute Gasteiger partial charge is 0.226 e. The average molecular weight is 306 g/mol. The molecule has 0 aromatic heterocycles. The maximum absolute atomic E-state index is 13.0. The first-order chi connectivity index (χ1) is 10.3. The van der Waals surface area contributed by atoms with E-state index in [0.29, 0.717) is 16.7 Å². The van der Waals surface area contributed by atoms with Crippen LogP contribution >= 0.6 is 0 Å². The van der Waals surface area contributed by atoms with E-state index in [0.717, 1.165) is 51.4 Å². The Bertz CT molecular complexity index is 425. The summed E-state index contributed by atoms with van der Waals surface area (Å²) >= 11 is 0. The van der Waals surface area contributed by atoms with E-state index in [1.807, 2.05) is 0 Å². The second-order valence-corrected chi connectivity index (χ2v) is 9.19. The minimum absolute atomic E-state index is 0.0494. The van der Waals surface area contributed by atoms with Crippen LogP contribution in [0.2, 0.25) is 0 Å². The Morgan fingerprint density at radius 3 is 2.14 bits per heavy atom. The molecule has 3 heteroatoms. The van der Waals surface area contributed by atoms with Gasteiger partial charge in [-0.3, -0.25) is 4.79 Å². The Hall–Kier alpha value is -0.570. The summed E-state index contributed by atoms with van der Waals surface area (Å²) in [6.45, 7) is 13.2. The van der Waals surface area contributed by atoms with Crippen LogP contribution in [0.15, 0.2) is 0 Å². The fourth-order valence-electron chi connectivity index (χ4n) is 6.76. The van der Waals surface area contributed by atoms with Crippen molar-refractivity contribution in [1.29, 1.82) is 0 Å². The highest BCUT2D eigenvalue weighted by Gasteiger charge is 2.62. The molecule has 3 nitrogen and oxygen atoms in total. The lowest BCUT2D eigenvalue weighted by Gasteiger charge is -2.64. The molecule has 22 heavy (non-hydrogen) atoms. The number of carbonyl (C=O) groups excluding carboxylic acids is 1. The van der Waals surface area contributed by atoms with E-state index >= 15 is 0 Å². The normalized spacial score (nSPS) is 42.9. The van der Waals surface area contributed by atoms with Gasteiger partial charge in [-0.1, -0.05) is 27.7 Å². The fourth-order valence-corrected chi connectivity index (χ4v) is 6.76. The second kappa shape index (κ2) is 5.51. The average Bonchev–Trinajstić information content (AvgIpc) is 2.39. The maximum atomic E-state index is 13.0. The molecular formula is C19H34N2O. The molecule has 0 heterocycles. The zero-order chi connectivity index (χ0) is 16.0. The summed E-state index contributed by atoms with van der Waals surface area (Å²) in [5, 5.41) is 3.29. The van der Waals surface area contributed by atoms with Gasteiger partial charge in [0.2, 0.25) is 5.91 Å². The zero-order valence-corrected chi connectivity index (χ0v) is 15.0. The third-order valence-electron chi connectivity index (χ3n) is 6.72. The van der Waals surface area contributed by atoms with Gasteiger partial charge >= 0.3 is 0 Å². The van der Waals surface area contributed by atoms with Gasteiger partial charge in [0.25, 0.3) is 0 Å². The Balaban J connectivity index is 1.65. The second-order valence-electron chi connectivity index (χ2n) is 9.19. The van der Waals surface area contributed by atoms with Crippen LogP contribution < -0.4 is 5.32 Å². The summed E-state index contributed by atoms with van der Waals surface area (Å²) in [4.78, 5) is 15.4. The SMILES string of the molecule is CCN(CC)CCNC(=O)C12CC3C[C@@](C)(C1)C[C@@](C)(C3)C2. The van der Waals surface area contributed by atoms with Crippen LogP contribution in [0.25, 0.3) is 0 Å². The molecule has 2 atom stereocenters. The Kier molecular flexibility index (Phi) is 4.08. The number of nitrogens with zero attached hydrogens (tertiary/aromatic N) is 1. The molecule has 126 valence electrons. The molecule has 0 aliphatic heterocycles. The minimum atomic E-state index is -0.0494. The molecule has 4 aliphatic rings. The molecule has 0 saturated heterocycles. The van der Waals surface area contributed by atoms with Crippen molar-refractivity contribution in [3.63, 3.8) is 0 Å². The van der Waals surface area contributed by atoms with Gasteiger partial charge in [0, 0.05) is 13.1 Å². The van der Waals surface area contributed by atoms with Crippen LogP contribution in [0.4, 0.5) is 0 Å². The molecule has 0 spiro atoms. The number of carbonyl (C=O) groups is 1. The Morgan fingerprint density at radius 1 is 1.05 bits per heavy atom. The number of hydrogen-bond donors (Lipinski definition) is 1. The molecule has 1 N–H and O–H groups in total. The first-order valence-electron chi connectivity index (χ1n) is 9.33. The van der Waals surface area contributed by atoms with Gasteiger partial charge in [0.05, 0.1) is 5.41 Å². The predicted octanol–water partition coefficient (Wildman–Crippen LogP) is 3.44. The van der Waals surface area contributed by atoms with Crippen LogP contribution in [0, 0.1) is 22.2 Å². The highest BCUT2D eigenvalue weighted by molar-refractivity contribution is 5.83. The molecule has 0 radical (unpaired) electrons. The maximum Gasteiger partial charge on any atom is 0.226 e. The molecule has 1 amide bonds. The van der Waals surface area contributed by atoms with E-state index in [-0.39, 0.29) is 5.41 Å². The van der Waals surface area contributed by atoms with E-state index < -0.39 is 0 Å². The fraction of sp³-hybridized carbons (Fsp3) is 0.947. The van der Waals surface area contributed by atoms with Gasteiger partial charge in [0.15, 0.2) is 0 Å². The van der Waals surface area contributed by atoms with Crippen molar-refractivity contribution in [2.75, 3.05) is 26.2 Å². The topological polar surface area (TPSA) is 32.3 Å². The van der Waals surface area contributed by atoms with Crippen LogP contribution in [0.1, 0.15) is 66.2 Å². The van der Waals surface area contributed by atoms with E-state index in [2.05, 4.69) is 37.9 Å². The molecule has 0 aromatic rings. The molecular weight excluding hydrogens is 272 g/mol. The Morgan fingerprint density at radius 2 is 1.64 bits per heavy atom. The van der Waals surface area contributed by atoms with Crippen molar-refractivity contribution in [3.05, 3.63) is 0 Å². The zero-order valence-electron chi connectivity index (χ0n) is 15.0. The number of hydrogen-bond acceptors (Lipinski definition) is 2. The third-order valence-corrected chi connectivity index (χ3v) is 6.72. The van der Waals surface area contributed by atoms with Crippen LogP contribution in [-0.2, 0) is 4.79 Å². The third kappa shape index (κ3) is 2.81. The standard InChI is InChI=1S/C19H34N2O/c1-5-21(6-2)8-7-20-16(22)19-11-15-9-17(3,13-19)12-18(4,10-15)14-19/h15H,5-14H2,1-4H3,(H,20,22)/t15?,17-,18-,19?/m1/s1. The molecule has 0 aromatic carbocycles. The van der Waals surface area contributed by atoms with Crippen LogP contribution in [-0.4, -0.2) is 37.0 Å². The quantitative estimate of drug-likeness (QED) is 0.815. The van der Waals surface area contributed by atoms with Gasteiger partial charge in [0.1, 0.15) is 0 Å². The summed E-state index contributed by atoms with van der Waals surface area (Å²) in [5.74, 6) is 1.15. The summed E-state index contributed by atoms with van der Waals surface area (Å²) in [5.41, 5.74) is 0.793. The first-order valence-corrected chi connectivity index (χ1v) is 9.33. The lowest BCUT2D eigenvalue weighted by Crippen LogP contribution is -2.60. The molecule has 0 unspecified atom stereocenters. The summed E-state index contributed by atoms with van der Waals surface area (Å²) in [7, 11) is 0. The monoisotopic (exact) mass is 306 g/mol. The van der Waals surface area contributed by atoms with Crippen molar-refractivity contribution < 1.29 is 4.79 Å². The van der Waals surface area contributed by atoms with Crippen LogP contribution in [0.5, 0.6) is 0 Å². The van der Waals surface area contributed by atoms with Crippen LogP contribution in [0.3, 0.4) is 0 Å². The van der Waals surface area contributed by atoms with E-state index in [9.17, 15) is 4.79 Å². The van der Waals surface area contributed by atoms with Crippen molar-refractivity contribution in [2.24, 2.45) is 22.2 Å². The first kappa shape index (κ1) is 16.3. The lowest BCUT2D eigenvalue weighted by molar-refractivity contribution is -0.170. The predicted molar refractivity (Wildman–Crippen MR) is 90.6 cm³/mol. The van der Waals surface area contributed by atoms with Gasteiger partial charge in [-0.15, -0.1) is 0 Å². The summed E-state index contributed by atoms with van der Waals surface area (Å²) in [6.07, 6.45) is 7.46. The summed E-state index contributed by atoms with van der Waals surface area (Å²) < 4.78 is 0. The van der Waals surface area contributed by atoms with Crippen molar-refractivity contribution >= 4 is 5.91 Å². The number of rotatable bonds is 6. The van der Waals surface area contributed by atoms with Gasteiger partial charge < -0.3 is 10.2 Å².